The topological polar surface area (TPSA) is 36.1 Å². The SMILES string of the molecule is CSCCCNC(=S)Nc1cccc(Nc2ccccc2)c1. The van der Waals surface area contributed by atoms with E-state index in [1.54, 1.807) is 0 Å². The Kier molecular flexibility index (Phi) is 7.06. The monoisotopic (exact) mass is 331 g/mol. The minimum atomic E-state index is 0.665. The van der Waals surface area contributed by atoms with Crippen molar-refractivity contribution in [2.24, 2.45) is 0 Å². The van der Waals surface area contributed by atoms with Crippen LogP contribution < -0.4 is 16.0 Å². The summed E-state index contributed by atoms with van der Waals surface area (Å²) in [5.74, 6) is 1.14. The Morgan fingerprint density at radius 1 is 1.00 bits per heavy atom. The van der Waals surface area contributed by atoms with Crippen molar-refractivity contribution >= 4 is 46.2 Å². The zero-order valence-corrected chi connectivity index (χ0v) is 14.3. The van der Waals surface area contributed by atoms with Crippen molar-refractivity contribution in [1.29, 1.82) is 0 Å². The third-order valence-corrected chi connectivity index (χ3v) is 3.94. The van der Waals surface area contributed by atoms with Crippen LogP contribution in [0.3, 0.4) is 0 Å². The van der Waals surface area contributed by atoms with Gasteiger partial charge in [0.05, 0.1) is 0 Å². The molecule has 0 bridgehead atoms. The van der Waals surface area contributed by atoms with Crippen LogP contribution in [0, 0.1) is 0 Å². The highest BCUT2D eigenvalue weighted by molar-refractivity contribution is 7.98. The van der Waals surface area contributed by atoms with E-state index in [0.29, 0.717) is 5.11 Å². The number of rotatable bonds is 7. The Morgan fingerprint density at radius 2 is 1.73 bits per heavy atom. The van der Waals surface area contributed by atoms with Crippen LogP contribution in [0.1, 0.15) is 6.42 Å². The van der Waals surface area contributed by atoms with E-state index >= 15 is 0 Å². The number of anilines is 3. The normalized spacial score (nSPS) is 10.0. The van der Waals surface area contributed by atoms with Gasteiger partial charge in [0.15, 0.2) is 5.11 Å². The molecular formula is C17H21N3S2. The smallest absolute Gasteiger partial charge is 0.170 e. The lowest BCUT2D eigenvalue weighted by Crippen LogP contribution is -2.29. The van der Waals surface area contributed by atoms with Crippen molar-refractivity contribution in [3.8, 4) is 0 Å². The Bertz CT molecular complexity index is 587. The third-order valence-electron chi connectivity index (χ3n) is 2.99. The van der Waals surface area contributed by atoms with Crippen molar-refractivity contribution in [2.75, 3.05) is 29.2 Å². The van der Waals surface area contributed by atoms with E-state index in [2.05, 4.69) is 22.2 Å². The summed E-state index contributed by atoms with van der Waals surface area (Å²) in [5, 5.41) is 10.5. The zero-order valence-electron chi connectivity index (χ0n) is 12.6. The maximum Gasteiger partial charge on any atom is 0.170 e. The van der Waals surface area contributed by atoms with Gasteiger partial charge in [-0.05, 0) is 61.0 Å². The lowest BCUT2D eigenvalue weighted by Gasteiger charge is -2.12. The van der Waals surface area contributed by atoms with Gasteiger partial charge in [-0.25, -0.2) is 0 Å². The predicted octanol–water partition coefficient (Wildman–Crippen LogP) is 4.47. The van der Waals surface area contributed by atoms with Crippen molar-refractivity contribution in [3.63, 3.8) is 0 Å². The Morgan fingerprint density at radius 3 is 2.50 bits per heavy atom. The van der Waals surface area contributed by atoms with Gasteiger partial charge in [-0.15, -0.1) is 0 Å². The molecule has 2 aromatic carbocycles. The summed E-state index contributed by atoms with van der Waals surface area (Å²) in [5.41, 5.74) is 3.07. The van der Waals surface area contributed by atoms with E-state index < -0.39 is 0 Å². The van der Waals surface area contributed by atoms with Crippen LogP contribution in [-0.4, -0.2) is 23.7 Å². The molecule has 3 N–H and O–H groups in total. The molecule has 0 spiro atoms. The Labute approximate surface area is 141 Å². The molecule has 3 nitrogen and oxygen atoms in total. The van der Waals surface area contributed by atoms with Gasteiger partial charge in [0.2, 0.25) is 0 Å². The molecule has 0 amide bonds. The summed E-state index contributed by atoms with van der Waals surface area (Å²) in [7, 11) is 0. The average molecular weight is 332 g/mol. The number of thioether (sulfide) groups is 1. The largest absolute Gasteiger partial charge is 0.362 e. The number of hydrogen-bond donors (Lipinski definition) is 3. The summed E-state index contributed by atoms with van der Waals surface area (Å²) in [6.07, 6.45) is 3.22. The second-order valence-corrected chi connectivity index (χ2v) is 6.19. The molecule has 0 aliphatic carbocycles. The molecule has 0 heterocycles. The fourth-order valence-corrected chi connectivity index (χ4v) is 2.61. The highest BCUT2D eigenvalue weighted by atomic mass is 32.2. The van der Waals surface area contributed by atoms with Crippen molar-refractivity contribution < 1.29 is 0 Å². The maximum atomic E-state index is 5.31. The van der Waals surface area contributed by atoms with Gasteiger partial charge in [0.1, 0.15) is 0 Å². The van der Waals surface area contributed by atoms with Crippen LogP contribution in [0.4, 0.5) is 17.1 Å². The molecule has 0 fully saturated rings. The van der Waals surface area contributed by atoms with Crippen LogP contribution in [-0.2, 0) is 0 Å². The van der Waals surface area contributed by atoms with Gasteiger partial charge in [-0.1, -0.05) is 24.3 Å². The minimum Gasteiger partial charge on any atom is -0.362 e. The summed E-state index contributed by atoms with van der Waals surface area (Å²) >= 11 is 7.16. The molecule has 0 aromatic heterocycles. The van der Waals surface area contributed by atoms with Gasteiger partial charge in [0, 0.05) is 23.6 Å². The van der Waals surface area contributed by atoms with Gasteiger partial charge >= 0.3 is 0 Å². The summed E-state index contributed by atoms with van der Waals surface area (Å²) in [6.45, 7) is 0.897. The molecule has 0 unspecified atom stereocenters. The Balaban J connectivity index is 1.87. The molecule has 0 aliphatic rings. The molecule has 2 rings (SSSR count). The fraction of sp³-hybridized carbons (Fsp3) is 0.235. The van der Waals surface area contributed by atoms with Crippen molar-refractivity contribution in [2.45, 2.75) is 6.42 Å². The fourth-order valence-electron chi connectivity index (χ4n) is 1.96. The second kappa shape index (κ2) is 9.33. The predicted molar refractivity (Wildman–Crippen MR) is 103 cm³/mol. The quantitative estimate of drug-likeness (QED) is 0.515. The van der Waals surface area contributed by atoms with Crippen LogP contribution in [0.15, 0.2) is 54.6 Å². The van der Waals surface area contributed by atoms with Crippen LogP contribution in [0.25, 0.3) is 0 Å². The molecule has 0 radical (unpaired) electrons. The molecule has 0 saturated heterocycles. The van der Waals surface area contributed by atoms with E-state index in [1.165, 1.54) is 0 Å². The first-order chi connectivity index (χ1) is 10.8. The minimum absolute atomic E-state index is 0.665. The second-order valence-electron chi connectivity index (χ2n) is 4.80. The summed E-state index contributed by atoms with van der Waals surface area (Å²) in [6, 6.07) is 18.2. The molecule has 0 saturated carbocycles. The molecule has 116 valence electrons. The number of hydrogen-bond acceptors (Lipinski definition) is 3. The lowest BCUT2D eigenvalue weighted by atomic mass is 10.2. The molecule has 2 aromatic rings. The van der Waals surface area contributed by atoms with Gasteiger partial charge in [-0.2, -0.15) is 11.8 Å². The molecule has 0 atom stereocenters. The highest BCUT2D eigenvalue weighted by Crippen LogP contribution is 2.19. The maximum absolute atomic E-state index is 5.31. The van der Waals surface area contributed by atoms with Gasteiger partial charge in [0.25, 0.3) is 0 Å². The van der Waals surface area contributed by atoms with E-state index in [9.17, 15) is 0 Å². The Hall–Kier alpha value is -1.72. The lowest BCUT2D eigenvalue weighted by molar-refractivity contribution is 0.855. The number of thiocarbonyl (C=S) groups is 1. The standard InChI is InChI=1S/C17H21N3S2/c1-22-12-6-11-18-17(21)20-16-10-5-9-15(13-16)19-14-7-3-2-4-8-14/h2-5,7-10,13,19H,6,11-12H2,1H3,(H2,18,20,21). The van der Waals surface area contributed by atoms with E-state index in [4.69, 9.17) is 12.2 Å². The van der Waals surface area contributed by atoms with E-state index in [-0.39, 0.29) is 0 Å². The van der Waals surface area contributed by atoms with Gasteiger partial charge in [-0.3, -0.25) is 0 Å². The van der Waals surface area contributed by atoms with Crippen LogP contribution in [0.2, 0.25) is 0 Å². The highest BCUT2D eigenvalue weighted by Gasteiger charge is 1.99. The van der Waals surface area contributed by atoms with Gasteiger partial charge < -0.3 is 16.0 Å². The first kappa shape index (κ1) is 16.6. The van der Waals surface area contributed by atoms with Crippen LogP contribution in [0.5, 0.6) is 0 Å². The van der Waals surface area contributed by atoms with E-state index in [0.717, 1.165) is 35.8 Å². The average Bonchev–Trinajstić information content (AvgIpc) is 2.53. The summed E-state index contributed by atoms with van der Waals surface area (Å²) < 4.78 is 0. The van der Waals surface area contributed by atoms with E-state index in [1.807, 2.05) is 66.4 Å². The third kappa shape index (κ3) is 5.95. The van der Waals surface area contributed by atoms with Crippen molar-refractivity contribution in [1.82, 2.24) is 5.32 Å². The number of benzene rings is 2. The summed E-state index contributed by atoms with van der Waals surface area (Å²) in [4.78, 5) is 0. The number of para-hydroxylation sites is 1. The van der Waals surface area contributed by atoms with Crippen molar-refractivity contribution in [3.05, 3.63) is 54.6 Å². The molecular weight excluding hydrogens is 310 g/mol. The molecule has 22 heavy (non-hydrogen) atoms. The first-order valence-corrected chi connectivity index (χ1v) is 9.04. The number of nitrogens with one attached hydrogen (secondary N) is 3. The molecule has 0 aliphatic heterocycles. The molecule has 5 heteroatoms. The zero-order chi connectivity index (χ0) is 15.6. The van der Waals surface area contributed by atoms with Crippen LogP contribution >= 0.6 is 24.0 Å². The first-order valence-electron chi connectivity index (χ1n) is 7.24.